The Balaban J connectivity index is 1.52. The van der Waals surface area contributed by atoms with E-state index in [0.717, 1.165) is 56.0 Å². The van der Waals surface area contributed by atoms with Gasteiger partial charge in [-0.2, -0.15) is 0 Å². The van der Waals surface area contributed by atoms with Crippen LogP contribution < -0.4 is 10.1 Å². The van der Waals surface area contributed by atoms with E-state index in [1.807, 2.05) is 12.1 Å². The van der Waals surface area contributed by atoms with Crippen molar-refractivity contribution in [2.45, 2.75) is 33.1 Å². The van der Waals surface area contributed by atoms with E-state index in [9.17, 15) is 0 Å². The van der Waals surface area contributed by atoms with Crippen molar-refractivity contribution in [2.24, 2.45) is 16.8 Å². The lowest BCUT2D eigenvalue weighted by Gasteiger charge is -2.31. The van der Waals surface area contributed by atoms with E-state index >= 15 is 0 Å². The number of rotatable bonds is 10. The first-order chi connectivity index (χ1) is 13.7. The number of nitrogens with one attached hydrogen (secondary N) is 1. The summed E-state index contributed by atoms with van der Waals surface area (Å²) in [6.07, 6.45) is 3.16. The van der Waals surface area contributed by atoms with E-state index < -0.39 is 0 Å². The molecular formula is C25H32N2O. The monoisotopic (exact) mass is 376 g/mol. The molecule has 3 heteroatoms. The van der Waals surface area contributed by atoms with Crippen LogP contribution in [0.4, 0.5) is 0 Å². The standard InChI is InChI=1S/C25H32N2O/c1-4-19(2)25(23-17-26-18-23)27-20(3)22-12-14-24(15-13-22)28-16-8-11-21-9-6-5-7-10-21/h5-7,9-10,12-15,19,23,26H,3-4,8,11,16-18H2,1-2H3. The molecular weight excluding hydrogens is 344 g/mol. The predicted molar refractivity (Wildman–Crippen MR) is 119 cm³/mol. The van der Waals surface area contributed by atoms with E-state index in [-0.39, 0.29) is 0 Å². The highest BCUT2D eigenvalue weighted by Gasteiger charge is 2.26. The summed E-state index contributed by atoms with van der Waals surface area (Å²) in [5.74, 6) is 1.95. The lowest BCUT2D eigenvalue weighted by molar-refractivity contribution is 0.311. The molecule has 1 unspecified atom stereocenters. The van der Waals surface area contributed by atoms with Crippen molar-refractivity contribution in [3.63, 3.8) is 0 Å². The summed E-state index contributed by atoms with van der Waals surface area (Å²) in [4.78, 5) is 4.92. The molecule has 0 saturated carbocycles. The Labute approximate surface area is 169 Å². The fraction of sp³-hybridized carbons (Fsp3) is 0.400. The second kappa shape index (κ2) is 10.2. The Morgan fingerprint density at radius 1 is 1.14 bits per heavy atom. The maximum atomic E-state index is 5.89. The average molecular weight is 377 g/mol. The van der Waals surface area contributed by atoms with Gasteiger partial charge in [-0.25, -0.2) is 0 Å². The van der Waals surface area contributed by atoms with Crippen LogP contribution in [0, 0.1) is 11.8 Å². The summed E-state index contributed by atoms with van der Waals surface area (Å²) in [5, 5.41) is 3.35. The van der Waals surface area contributed by atoms with Crippen LogP contribution in [0.3, 0.4) is 0 Å². The van der Waals surface area contributed by atoms with Gasteiger partial charge >= 0.3 is 0 Å². The van der Waals surface area contributed by atoms with E-state index in [1.54, 1.807) is 0 Å². The molecule has 0 bridgehead atoms. The largest absolute Gasteiger partial charge is 0.494 e. The molecule has 3 rings (SSSR count). The SMILES string of the molecule is C=C(N=C(C(C)CC)C1CNC1)c1ccc(OCCCc2ccccc2)cc1. The number of ether oxygens (including phenoxy) is 1. The van der Waals surface area contributed by atoms with Crippen molar-refractivity contribution in [3.05, 3.63) is 72.3 Å². The summed E-state index contributed by atoms with van der Waals surface area (Å²) in [6, 6.07) is 18.7. The van der Waals surface area contributed by atoms with Gasteiger partial charge in [-0.1, -0.05) is 50.8 Å². The lowest BCUT2D eigenvalue weighted by Crippen LogP contribution is -2.48. The smallest absolute Gasteiger partial charge is 0.119 e. The molecule has 1 saturated heterocycles. The normalized spacial score (nSPS) is 15.7. The Kier molecular flexibility index (Phi) is 7.44. The average Bonchev–Trinajstić information content (AvgIpc) is 2.70. The van der Waals surface area contributed by atoms with Gasteiger partial charge in [-0.3, -0.25) is 4.99 Å². The highest BCUT2D eigenvalue weighted by atomic mass is 16.5. The first-order valence-corrected chi connectivity index (χ1v) is 10.4. The summed E-state index contributed by atoms with van der Waals surface area (Å²) in [5.41, 5.74) is 4.55. The molecule has 3 nitrogen and oxygen atoms in total. The van der Waals surface area contributed by atoms with Gasteiger partial charge in [0.2, 0.25) is 0 Å². The van der Waals surface area contributed by atoms with Gasteiger partial charge in [0.15, 0.2) is 0 Å². The minimum Gasteiger partial charge on any atom is -0.494 e. The molecule has 0 aliphatic carbocycles. The van der Waals surface area contributed by atoms with Gasteiger partial charge in [0.25, 0.3) is 0 Å². The van der Waals surface area contributed by atoms with Crippen LogP contribution in [0.15, 0.2) is 66.2 Å². The number of benzene rings is 2. The first kappa shape index (κ1) is 20.3. The van der Waals surface area contributed by atoms with Gasteiger partial charge in [0, 0.05) is 24.7 Å². The van der Waals surface area contributed by atoms with Crippen molar-refractivity contribution in [2.75, 3.05) is 19.7 Å². The van der Waals surface area contributed by atoms with E-state index in [0.29, 0.717) is 11.8 Å². The molecule has 1 heterocycles. The van der Waals surface area contributed by atoms with Crippen LogP contribution >= 0.6 is 0 Å². The number of hydrogen-bond acceptors (Lipinski definition) is 3. The molecule has 2 aromatic carbocycles. The zero-order valence-electron chi connectivity index (χ0n) is 17.2. The lowest BCUT2D eigenvalue weighted by atomic mass is 9.87. The fourth-order valence-electron chi connectivity index (χ4n) is 3.39. The minimum atomic E-state index is 0.496. The first-order valence-electron chi connectivity index (χ1n) is 10.4. The van der Waals surface area contributed by atoms with Gasteiger partial charge < -0.3 is 10.1 Å². The van der Waals surface area contributed by atoms with Crippen molar-refractivity contribution < 1.29 is 4.74 Å². The summed E-state index contributed by atoms with van der Waals surface area (Å²) in [6.45, 7) is 11.5. The fourth-order valence-corrected chi connectivity index (χ4v) is 3.39. The molecule has 1 aliphatic rings. The second-order valence-electron chi connectivity index (χ2n) is 7.61. The van der Waals surface area contributed by atoms with E-state index in [4.69, 9.17) is 9.73 Å². The Bertz CT molecular complexity index is 769. The van der Waals surface area contributed by atoms with Crippen molar-refractivity contribution in [1.82, 2.24) is 5.32 Å². The van der Waals surface area contributed by atoms with Gasteiger partial charge in [0.1, 0.15) is 5.75 Å². The Morgan fingerprint density at radius 3 is 2.46 bits per heavy atom. The van der Waals surface area contributed by atoms with Crippen LogP contribution in [-0.2, 0) is 6.42 Å². The molecule has 1 fully saturated rings. The molecule has 0 aromatic heterocycles. The summed E-state index contributed by atoms with van der Waals surface area (Å²) in [7, 11) is 0. The molecule has 1 atom stereocenters. The van der Waals surface area contributed by atoms with Crippen molar-refractivity contribution in [3.8, 4) is 5.75 Å². The summed E-state index contributed by atoms with van der Waals surface area (Å²) < 4.78 is 5.89. The number of nitrogens with zero attached hydrogens (tertiary/aromatic N) is 1. The predicted octanol–water partition coefficient (Wildman–Crippen LogP) is 5.38. The van der Waals surface area contributed by atoms with Crippen molar-refractivity contribution in [1.29, 1.82) is 0 Å². The van der Waals surface area contributed by atoms with Crippen LogP contribution in [0.25, 0.3) is 5.70 Å². The molecule has 0 radical (unpaired) electrons. The summed E-state index contributed by atoms with van der Waals surface area (Å²) >= 11 is 0. The van der Waals surface area contributed by atoms with Crippen LogP contribution in [0.2, 0.25) is 0 Å². The molecule has 0 amide bonds. The maximum Gasteiger partial charge on any atom is 0.119 e. The third-order valence-electron chi connectivity index (χ3n) is 5.49. The highest BCUT2D eigenvalue weighted by molar-refractivity contribution is 5.94. The molecule has 0 spiro atoms. The van der Waals surface area contributed by atoms with Gasteiger partial charge in [-0.05, 0) is 60.6 Å². The van der Waals surface area contributed by atoms with E-state index in [1.165, 1.54) is 11.3 Å². The second-order valence-corrected chi connectivity index (χ2v) is 7.61. The third-order valence-corrected chi connectivity index (χ3v) is 5.49. The zero-order chi connectivity index (χ0) is 19.8. The number of hydrogen-bond donors (Lipinski definition) is 1. The molecule has 28 heavy (non-hydrogen) atoms. The third kappa shape index (κ3) is 5.56. The maximum absolute atomic E-state index is 5.89. The molecule has 2 aromatic rings. The topological polar surface area (TPSA) is 33.6 Å². The number of aryl methyl sites for hydroxylation is 1. The van der Waals surface area contributed by atoms with Crippen LogP contribution in [-0.4, -0.2) is 25.4 Å². The van der Waals surface area contributed by atoms with Gasteiger partial charge in [0.05, 0.1) is 12.3 Å². The van der Waals surface area contributed by atoms with Crippen molar-refractivity contribution >= 4 is 11.4 Å². The molecule has 1 N–H and O–H groups in total. The molecule has 1 aliphatic heterocycles. The Morgan fingerprint density at radius 2 is 1.86 bits per heavy atom. The Hall–Kier alpha value is -2.39. The van der Waals surface area contributed by atoms with Gasteiger partial charge in [-0.15, -0.1) is 0 Å². The molecule has 148 valence electrons. The quantitative estimate of drug-likeness (QED) is 0.446. The van der Waals surface area contributed by atoms with Crippen LogP contribution in [0.5, 0.6) is 5.75 Å². The number of aliphatic imine (C=N–C) groups is 1. The highest BCUT2D eigenvalue weighted by Crippen LogP contribution is 2.23. The zero-order valence-corrected chi connectivity index (χ0v) is 17.2. The van der Waals surface area contributed by atoms with E-state index in [2.05, 4.69) is 68.2 Å². The van der Waals surface area contributed by atoms with Crippen LogP contribution in [0.1, 0.15) is 37.8 Å². The minimum absolute atomic E-state index is 0.496.